The topological polar surface area (TPSA) is 62.6 Å². The average molecular weight is 473 g/mol. The molecule has 6 nitrogen and oxygen atoms in total. The van der Waals surface area contributed by atoms with Gasteiger partial charge in [-0.2, -0.15) is 13.9 Å². The van der Waals surface area contributed by atoms with E-state index in [2.05, 4.69) is 62.2 Å². The van der Waals surface area contributed by atoms with Crippen molar-refractivity contribution in [2.45, 2.75) is 38.7 Å². The summed E-state index contributed by atoms with van der Waals surface area (Å²) in [6, 6.07) is 12.7. The van der Waals surface area contributed by atoms with Crippen molar-refractivity contribution in [3.8, 4) is 11.3 Å². The molecule has 1 aromatic carbocycles. The zero-order valence-corrected chi connectivity index (χ0v) is 19.5. The van der Waals surface area contributed by atoms with Crippen LogP contribution >= 0.6 is 0 Å². The van der Waals surface area contributed by atoms with Gasteiger partial charge in [0.15, 0.2) is 0 Å². The average Bonchev–Trinajstić information content (AvgIpc) is 3.62. The van der Waals surface area contributed by atoms with Gasteiger partial charge in [-0.15, -0.1) is 0 Å². The maximum absolute atomic E-state index is 13.0. The number of hydrogen-bond acceptors (Lipinski definition) is 4. The minimum atomic E-state index is -2.64. The minimum absolute atomic E-state index is 0.476. The molecular formula is C27H26F2N6. The Balaban J connectivity index is 1.19. The van der Waals surface area contributed by atoms with Gasteiger partial charge >= 0.3 is 6.55 Å². The fourth-order valence-electron chi connectivity index (χ4n) is 5.28. The van der Waals surface area contributed by atoms with E-state index >= 15 is 0 Å². The number of allylic oxidation sites excluding steroid dienone is 1. The number of piperidine rings is 1. The number of rotatable bonds is 5. The highest BCUT2D eigenvalue weighted by Crippen LogP contribution is 2.38. The van der Waals surface area contributed by atoms with Crippen molar-refractivity contribution in [1.82, 2.24) is 24.7 Å². The molecule has 0 radical (unpaired) electrons. The molecule has 1 saturated heterocycles. The number of anilines is 1. The summed E-state index contributed by atoms with van der Waals surface area (Å²) in [6.07, 6.45) is 9.19. The van der Waals surface area contributed by atoms with E-state index in [-0.39, 0.29) is 0 Å². The van der Waals surface area contributed by atoms with Gasteiger partial charge in [0, 0.05) is 54.1 Å². The lowest BCUT2D eigenvalue weighted by Crippen LogP contribution is -2.34. The standard InChI is InChI=1S/C27H26F2N6/c1-17-11-23(33-25(17)19-5-3-2-4-6-19)18-7-9-34(10-8-18)26-22-12-20(13-24(22)30-16-31-26)21-14-32-35(15-21)27(28)29/h2-6,11-12,14-16,18,27,33H,7-10,13H2,1H3. The highest BCUT2D eigenvalue weighted by Gasteiger charge is 2.28. The van der Waals surface area contributed by atoms with Gasteiger partial charge < -0.3 is 9.88 Å². The Kier molecular flexibility index (Phi) is 5.43. The first-order chi connectivity index (χ1) is 17.1. The molecule has 8 heteroatoms. The molecule has 6 rings (SSSR count). The predicted octanol–water partition coefficient (Wildman–Crippen LogP) is 5.85. The van der Waals surface area contributed by atoms with E-state index < -0.39 is 6.55 Å². The number of nitrogens with zero attached hydrogens (tertiary/aromatic N) is 5. The van der Waals surface area contributed by atoms with Crippen molar-refractivity contribution in [3.63, 3.8) is 0 Å². The summed E-state index contributed by atoms with van der Waals surface area (Å²) in [5.41, 5.74) is 8.55. The SMILES string of the molecule is Cc1cc(C2CCN(c3ncnc4c3C=C(c3cnn(C(F)F)c3)C4)CC2)[nH]c1-c1ccccc1. The van der Waals surface area contributed by atoms with E-state index in [4.69, 9.17) is 0 Å². The summed E-state index contributed by atoms with van der Waals surface area (Å²) in [5, 5.41) is 3.78. The summed E-state index contributed by atoms with van der Waals surface area (Å²) in [6.45, 7) is 1.33. The Hall–Kier alpha value is -3.81. The lowest BCUT2D eigenvalue weighted by Gasteiger charge is -2.33. The maximum Gasteiger partial charge on any atom is 0.333 e. The number of benzene rings is 1. The summed E-state index contributed by atoms with van der Waals surface area (Å²) < 4.78 is 26.6. The first kappa shape index (κ1) is 21.7. The summed E-state index contributed by atoms with van der Waals surface area (Å²) >= 11 is 0. The molecule has 1 fully saturated rings. The monoisotopic (exact) mass is 472 g/mol. The number of aromatic nitrogens is 5. The quantitative estimate of drug-likeness (QED) is 0.396. The van der Waals surface area contributed by atoms with Crippen LogP contribution in [0.1, 0.15) is 53.4 Å². The van der Waals surface area contributed by atoms with Crippen LogP contribution in [0.4, 0.5) is 14.6 Å². The second-order valence-electron chi connectivity index (χ2n) is 9.30. The number of hydrogen-bond donors (Lipinski definition) is 1. The van der Waals surface area contributed by atoms with Crippen molar-refractivity contribution in [2.75, 3.05) is 18.0 Å². The summed E-state index contributed by atoms with van der Waals surface area (Å²) in [5.74, 6) is 1.40. The van der Waals surface area contributed by atoms with Gasteiger partial charge in [-0.3, -0.25) is 0 Å². The molecule has 178 valence electrons. The number of fused-ring (bicyclic) bond motifs is 1. The molecule has 35 heavy (non-hydrogen) atoms. The second kappa shape index (κ2) is 8.76. The highest BCUT2D eigenvalue weighted by atomic mass is 19.3. The number of aryl methyl sites for hydroxylation is 1. The molecule has 4 heterocycles. The molecule has 0 atom stereocenters. The van der Waals surface area contributed by atoms with Crippen molar-refractivity contribution >= 4 is 17.5 Å². The third-order valence-electron chi connectivity index (χ3n) is 7.13. The van der Waals surface area contributed by atoms with Gasteiger partial charge in [0.2, 0.25) is 0 Å². The molecule has 0 unspecified atom stereocenters. The van der Waals surface area contributed by atoms with E-state index in [1.54, 1.807) is 6.33 Å². The zero-order valence-electron chi connectivity index (χ0n) is 19.5. The van der Waals surface area contributed by atoms with E-state index in [9.17, 15) is 8.78 Å². The van der Waals surface area contributed by atoms with E-state index in [0.29, 0.717) is 22.6 Å². The zero-order chi connectivity index (χ0) is 23.9. The fraction of sp³-hybridized carbons (Fsp3) is 0.296. The van der Waals surface area contributed by atoms with Crippen molar-refractivity contribution in [3.05, 3.63) is 83.2 Å². The van der Waals surface area contributed by atoms with Crippen LogP contribution in [0.5, 0.6) is 0 Å². The van der Waals surface area contributed by atoms with Gasteiger partial charge in [-0.25, -0.2) is 14.6 Å². The van der Waals surface area contributed by atoms with Crippen LogP contribution < -0.4 is 4.90 Å². The lowest BCUT2D eigenvalue weighted by molar-refractivity contribution is 0.0566. The van der Waals surface area contributed by atoms with Crippen LogP contribution in [0.3, 0.4) is 0 Å². The third-order valence-corrected chi connectivity index (χ3v) is 7.13. The fourth-order valence-corrected chi connectivity index (χ4v) is 5.28. The first-order valence-corrected chi connectivity index (χ1v) is 11.9. The van der Waals surface area contributed by atoms with Crippen LogP contribution in [0.15, 0.2) is 55.1 Å². The maximum atomic E-state index is 13.0. The smallest absolute Gasteiger partial charge is 0.333 e. The Labute approximate surface area is 202 Å². The van der Waals surface area contributed by atoms with Gasteiger partial charge in [-0.05, 0) is 48.6 Å². The molecule has 4 aromatic rings. The van der Waals surface area contributed by atoms with Crippen molar-refractivity contribution in [1.29, 1.82) is 0 Å². The number of nitrogens with one attached hydrogen (secondary N) is 1. The molecule has 2 aliphatic rings. The molecule has 3 aromatic heterocycles. The molecule has 1 N–H and O–H groups in total. The molecule has 1 aliphatic carbocycles. The highest BCUT2D eigenvalue weighted by molar-refractivity contribution is 5.90. The molecule has 1 aliphatic heterocycles. The number of aromatic amines is 1. The molecule has 0 bridgehead atoms. The molecule has 0 amide bonds. The van der Waals surface area contributed by atoms with Crippen molar-refractivity contribution in [2.24, 2.45) is 0 Å². The van der Waals surface area contributed by atoms with Gasteiger partial charge in [0.1, 0.15) is 12.1 Å². The largest absolute Gasteiger partial charge is 0.358 e. The van der Waals surface area contributed by atoms with Crippen LogP contribution in [-0.4, -0.2) is 37.8 Å². The van der Waals surface area contributed by atoms with Crippen LogP contribution in [0.25, 0.3) is 22.9 Å². The van der Waals surface area contributed by atoms with Crippen LogP contribution in [0.2, 0.25) is 0 Å². The van der Waals surface area contributed by atoms with Crippen molar-refractivity contribution < 1.29 is 8.78 Å². The third kappa shape index (κ3) is 4.03. The van der Waals surface area contributed by atoms with E-state index in [0.717, 1.165) is 48.6 Å². The van der Waals surface area contributed by atoms with Gasteiger partial charge in [0.25, 0.3) is 0 Å². The lowest BCUT2D eigenvalue weighted by atomic mass is 9.93. The van der Waals surface area contributed by atoms with Crippen LogP contribution in [-0.2, 0) is 6.42 Å². The molecular weight excluding hydrogens is 446 g/mol. The number of alkyl halides is 2. The molecule has 0 saturated carbocycles. The Morgan fingerprint density at radius 3 is 2.60 bits per heavy atom. The van der Waals surface area contributed by atoms with Gasteiger partial charge in [-0.1, -0.05) is 30.3 Å². The second-order valence-corrected chi connectivity index (χ2v) is 9.30. The van der Waals surface area contributed by atoms with Gasteiger partial charge in [0.05, 0.1) is 11.9 Å². The summed E-state index contributed by atoms with van der Waals surface area (Å²) in [4.78, 5) is 15.1. The molecule has 0 spiro atoms. The minimum Gasteiger partial charge on any atom is -0.358 e. The Morgan fingerprint density at radius 2 is 1.86 bits per heavy atom. The van der Waals surface area contributed by atoms with E-state index in [1.807, 2.05) is 12.1 Å². The Morgan fingerprint density at radius 1 is 1.06 bits per heavy atom. The number of halogens is 2. The predicted molar refractivity (Wildman–Crippen MR) is 132 cm³/mol. The van der Waals surface area contributed by atoms with E-state index in [1.165, 1.54) is 34.9 Å². The normalized spacial score (nSPS) is 16.1. The Bertz CT molecular complexity index is 1380. The van der Waals surface area contributed by atoms with Crippen LogP contribution in [0, 0.1) is 6.92 Å². The number of H-pyrrole nitrogens is 1. The first-order valence-electron chi connectivity index (χ1n) is 11.9. The summed E-state index contributed by atoms with van der Waals surface area (Å²) in [7, 11) is 0.